The van der Waals surface area contributed by atoms with E-state index in [0.29, 0.717) is 5.69 Å². The van der Waals surface area contributed by atoms with E-state index >= 15 is 0 Å². The number of amides is 1. The Bertz CT molecular complexity index is 2060. The number of carbonyl (C=O) groups is 3. The maximum absolute atomic E-state index is 14.3. The first kappa shape index (κ1) is 61.8. The first-order valence-electron chi connectivity index (χ1n) is 25.0. The Morgan fingerprint density at radius 2 is 1.42 bits per heavy atom. The molecule has 14 N–H and O–H groups in total. The Morgan fingerprint density at radius 1 is 0.784 bits per heavy atom. The fraction of sp³-hybridized carbons (Fsp3) is 0.615. The summed E-state index contributed by atoms with van der Waals surface area (Å²) in [4.78, 5) is 46.6. The molecular formula is C52H78N4O18. The standard InChI is InChI=1S/C52H78N4O18/c1-31-16-14-12-10-8-6-4-5-7-9-11-13-15-17-37(73-51-48(66)47(53)43(64)29-71-51)25-44-46(49(67)56-38(50(68)70-3)21-33-28-54-30-55-33)42(63)27-52(69,74-44)26-36(59)23-41(62)39(60)19-18-34(57)22-35(58)24-45(65)72-32(2)20-40(31)61/h4-17,28,30-32,34-44,46-48,51,57-64,66,69H,18-27,29,53H2,1-3H3,(H,54,55)(H,56,67)/b5-4+,8-6+,9-7+,12-10+,13-11+,16-14+,17-15+/t31-,32-,34?,35?,36?,37?,38+,39?,40?,41?,42-,43?,44-,46?,47-,48?,51-,52?/m0/s1. The van der Waals surface area contributed by atoms with Gasteiger partial charge in [0.25, 0.3) is 0 Å². The Labute approximate surface area is 431 Å². The van der Waals surface area contributed by atoms with Crippen molar-refractivity contribution in [3.05, 3.63) is 103 Å². The van der Waals surface area contributed by atoms with E-state index in [0.717, 1.165) is 7.11 Å². The van der Waals surface area contributed by atoms with Crippen LogP contribution in [0.15, 0.2) is 97.6 Å². The van der Waals surface area contributed by atoms with Gasteiger partial charge in [-0.25, -0.2) is 9.78 Å². The van der Waals surface area contributed by atoms with Gasteiger partial charge in [0.2, 0.25) is 5.91 Å². The number of aliphatic hydroxyl groups excluding tert-OH is 9. The number of methoxy groups -OCH3 is 1. The van der Waals surface area contributed by atoms with Crippen LogP contribution >= 0.6 is 0 Å². The number of allylic oxidation sites excluding steroid dienone is 12. The topological polar surface area (TPSA) is 366 Å². The van der Waals surface area contributed by atoms with Crippen molar-refractivity contribution in [2.45, 2.75) is 175 Å². The molecule has 1 aromatic rings. The van der Waals surface area contributed by atoms with E-state index in [9.17, 15) is 65.4 Å². The van der Waals surface area contributed by atoms with Gasteiger partial charge in [0.05, 0.1) is 99.5 Å². The molecule has 2 saturated heterocycles. The van der Waals surface area contributed by atoms with E-state index in [-0.39, 0.29) is 51.0 Å². The van der Waals surface area contributed by atoms with Crippen molar-refractivity contribution in [2.75, 3.05) is 13.7 Å². The molecule has 74 heavy (non-hydrogen) atoms. The Morgan fingerprint density at radius 3 is 2.04 bits per heavy atom. The van der Waals surface area contributed by atoms with Gasteiger partial charge in [0, 0.05) is 56.3 Å². The minimum atomic E-state index is -2.38. The number of fused-ring (bicyclic) bond motifs is 2. The normalized spacial score (nSPS) is 39.7. The van der Waals surface area contributed by atoms with E-state index in [1.165, 1.54) is 18.6 Å². The number of nitrogens with zero attached hydrogens (tertiary/aromatic N) is 1. The van der Waals surface area contributed by atoms with Gasteiger partial charge >= 0.3 is 11.9 Å². The number of esters is 2. The van der Waals surface area contributed by atoms with Crippen LogP contribution in [0.25, 0.3) is 0 Å². The molecule has 2 fully saturated rings. The molecule has 1 aromatic heterocycles. The second-order valence-electron chi connectivity index (χ2n) is 19.2. The lowest BCUT2D eigenvalue weighted by Gasteiger charge is -2.46. The molecule has 0 spiro atoms. The lowest BCUT2D eigenvalue weighted by molar-refractivity contribution is -0.304. The number of nitrogens with two attached hydrogens (primary N) is 1. The number of rotatable bonds is 7. The number of aliphatic hydroxyl groups is 10. The highest BCUT2D eigenvalue weighted by molar-refractivity contribution is 5.86. The summed E-state index contributed by atoms with van der Waals surface area (Å²) in [7, 11) is 1.13. The molecule has 0 aliphatic carbocycles. The van der Waals surface area contributed by atoms with Crippen molar-refractivity contribution in [2.24, 2.45) is 17.6 Å². The van der Waals surface area contributed by atoms with E-state index < -0.39 is 147 Å². The van der Waals surface area contributed by atoms with Crippen LogP contribution in [0.4, 0.5) is 0 Å². The molecule has 22 nitrogen and oxygen atoms in total. The van der Waals surface area contributed by atoms with Crippen molar-refractivity contribution in [3.63, 3.8) is 0 Å². The molecule has 2 bridgehead atoms. The third-order valence-electron chi connectivity index (χ3n) is 12.9. The van der Waals surface area contributed by atoms with E-state index in [2.05, 4.69) is 15.3 Å². The largest absolute Gasteiger partial charge is 0.467 e. The van der Waals surface area contributed by atoms with Gasteiger partial charge in [-0.05, 0) is 26.2 Å². The number of H-pyrrole nitrogens is 1. The number of aromatic nitrogens is 2. The summed E-state index contributed by atoms with van der Waals surface area (Å²) in [6, 6.07) is -2.44. The number of carbonyl (C=O) groups excluding carboxylic acids is 3. The summed E-state index contributed by atoms with van der Waals surface area (Å²) >= 11 is 0. The van der Waals surface area contributed by atoms with Gasteiger partial charge in [-0.3, -0.25) is 9.59 Å². The van der Waals surface area contributed by atoms with Gasteiger partial charge in [-0.1, -0.05) is 92.0 Å². The Kier molecular flexibility index (Phi) is 26.2. The van der Waals surface area contributed by atoms with Crippen LogP contribution in [0.1, 0.15) is 77.3 Å². The predicted octanol–water partition coefficient (Wildman–Crippen LogP) is -0.384. The zero-order chi connectivity index (χ0) is 54.4. The molecule has 3 aliphatic rings. The van der Waals surface area contributed by atoms with Gasteiger partial charge in [-0.2, -0.15) is 0 Å². The quantitative estimate of drug-likeness (QED) is 0.155. The van der Waals surface area contributed by atoms with Crippen molar-refractivity contribution in [1.82, 2.24) is 15.3 Å². The fourth-order valence-corrected chi connectivity index (χ4v) is 8.73. The maximum atomic E-state index is 14.3. The van der Waals surface area contributed by atoms with Crippen LogP contribution in [0, 0.1) is 11.8 Å². The summed E-state index contributed by atoms with van der Waals surface area (Å²) in [5, 5.41) is 112. The Hall–Kier alpha value is -4.76. The first-order chi connectivity index (χ1) is 35.2. The van der Waals surface area contributed by atoms with E-state index in [4.69, 9.17) is 29.4 Å². The molecule has 0 radical (unpaired) electrons. The average Bonchev–Trinajstić information content (AvgIpc) is 3.85. The number of hydrogen-bond donors (Lipinski definition) is 13. The first-order valence-corrected chi connectivity index (χ1v) is 25.0. The molecule has 414 valence electrons. The summed E-state index contributed by atoms with van der Waals surface area (Å²) in [5.74, 6) is -6.63. The molecule has 0 saturated carbocycles. The van der Waals surface area contributed by atoms with E-state index in [1.807, 2.05) is 13.0 Å². The second kappa shape index (κ2) is 31.3. The zero-order valence-electron chi connectivity index (χ0n) is 42.1. The van der Waals surface area contributed by atoms with Gasteiger partial charge in [-0.15, -0.1) is 0 Å². The molecule has 11 unspecified atom stereocenters. The van der Waals surface area contributed by atoms with Gasteiger partial charge < -0.3 is 90.8 Å². The van der Waals surface area contributed by atoms with Crippen molar-refractivity contribution in [1.29, 1.82) is 0 Å². The maximum Gasteiger partial charge on any atom is 0.328 e. The molecule has 4 rings (SSSR count). The Balaban J connectivity index is 1.63. The number of imidazole rings is 1. The van der Waals surface area contributed by atoms with Gasteiger partial charge in [0.15, 0.2) is 12.1 Å². The SMILES string of the molecule is COC(=O)[C@@H](Cc1cnc[nH]1)NC(=O)C1[C@@H]2CC(O[C@@H]3OCC(O)[C@H](N)C3O)/C=C/C=C/C=C/C=C/C=C/C=C/C=C/[C@H](C)C(O)C[C@H](C)OC(=O)CC(O)CC(O)CCC(O)C(O)CC(O)CC(O)(C[C@@H]1O)O2. The average molecular weight is 1050 g/mol. The third-order valence-corrected chi connectivity index (χ3v) is 12.9. The summed E-state index contributed by atoms with van der Waals surface area (Å²) in [6.07, 6.45) is 6.75. The predicted molar refractivity (Wildman–Crippen MR) is 266 cm³/mol. The molecular weight excluding hydrogens is 969 g/mol. The van der Waals surface area contributed by atoms with Crippen LogP contribution in [-0.4, -0.2) is 190 Å². The molecule has 22 heteroatoms. The van der Waals surface area contributed by atoms with Crippen molar-refractivity contribution < 1.29 is 89.1 Å². The molecule has 3 aliphatic heterocycles. The molecule has 1 amide bonds. The molecule has 4 heterocycles. The van der Waals surface area contributed by atoms with E-state index in [1.54, 1.807) is 79.8 Å². The summed E-state index contributed by atoms with van der Waals surface area (Å²) < 4.78 is 28.3. The molecule has 18 atom stereocenters. The van der Waals surface area contributed by atoms with Crippen LogP contribution in [0.2, 0.25) is 0 Å². The third kappa shape index (κ3) is 21.1. The number of aromatic amines is 1. The number of hydrogen-bond acceptors (Lipinski definition) is 20. The van der Waals surface area contributed by atoms with Crippen LogP contribution in [-0.2, 0) is 44.5 Å². The van der Waals surface area contributed by atoms with Crippen LogP contribution < -0.4 is 11.1 Å². The second-order valence-corrected chi connectivity index (χ2v) is 19.2. The monoisotopic (exact) mass is 1050 g/mol. The zero-order valence-corrected chi connectivity index (χ0v) is 42.1. The minimum absolute atomic E-state index is 0.0831. The number of cyclic esters (lactones) is 1. The van der Waals surface area contributed by atoms with Crippen molar-refractivity contribution in [3.8, 4) is 0 Å². The smallest absolute Gasteiger partial charge is 0.328 e. The van der Waals surface area contributed by atoms with Gasteiger partial charge in [0.1, 0.15) is 18.2 Å². The molecule has 0 aromatic carbocycles. The summed E-state index contributed by atoms with van der Waals surface area (Å²) in [6.45, 7) is 3.14. The van der Waals surface area contributed by atoms with Crippen LogP contribution in [0.3, 0.4) is 0 Å². The highest BCUT2D eigenvalue weighted by Crippen LogP contribution is 2.38. The highest BCUT2D eigenvalue weighted by Gasteiger charge is 2.51. The fourth-order valence-electron chi connectivity index (χ4n) is 8.73. The lowest BCUT2D eigenvalue weighted by Crippen LogP contribution is -2.60. The minimum Gasteiger partial charge on any atom is -0.467 e. The van der Waals surface area contributed by atoms with Crippen LogP contribution in [0.5, 0.6) is 0 Å². The van der Waals surface area contributed by atoms with Crippen molar-refractivity contribution >= 4 is 17.8 Å². The number of nitrogens with one attached hydrogen (secondary N) is 2. The lowest BCUT2D eigenvalue weighted by atomic mass is 9.82. The number of ether oxygens (including phenoxy) is 5. The summed E-state index contributed by atoms with van der Waals surface area (Å²) in [5.41, 5.74) is 6.50. The highest BCUT2D eigenvalue weighted by atomic mass is 16.7.